The molecule has 0 heterocycles. The number of hydrogen-bond donors (Lipinski definition) is 3. The number of amides is 1. The first-order valence-corrected chi connectivity index (χ1v) is 5.90. The van der Waals surface area contributed by atoms with Crippen molar-refractivity contribution < 1.29 is 17.9 Å². The number of hydrogen-bond acceptors (Lipinski definition) is 5. The zero-order valence-corrected chi connectivity index (χ0v) is 9.78. The molecular formula is C6H13N3O4S2. The lowest BCUT2D eigenvalue weighted by Crippen LogP contribution is -2.40. The van der Waals surface area contributed by atoms with E-state index in [2.05, 4.69) is 21.7 Å². The molecule has 0 spiro atoms. The highest BCUT2D eigenvalue weighted by molar-refractivity contribution is 7.88. The lowest BCUT2D eigenvalue weighted by atomic mass is 10.3. The van der Waals surface area contributed by atoms with E-state index in [9.17, 15) is 13.2 Å². The summed E-state index contributed by atoms with van der Waals surface area (Å²) in [5, 5.41) is 0. The quantitative estimate of drug-likeness (QED) is 0.425. The molecule has 0 radical (unpaired) electrons. The lowest BCUT2D eigenvalue weighted by molar-refractivity contribution is 0.177. The summed E-state index contributed by atoms with van der Waals surface area (Å²) in [4.78, 5) is 10.9. The number of nitrogens with one attached hydrogen (secondary N) is 2. The predicted octanol–water partition coefficient (Wildman–Crippen LogP) is -0.757. The summed E-state index contributed by atoms with van der Waals surface area (Å²) in [6, 6.07) is 0. The molecule has 0 rings (SSSR count). The number of thiocarbonyl (C=S) groups is 1. The Morgan fingerprint density at radius 3 is 2.60 bits per heavy atom. The van der Waals surface area contributed by atoms with Crippen LogP contribution in [-0.4, -0.2) is 33.2 Å². The average Bonchev–Trinajstić information content (AvgIpc) is 2.11. The minimum Gasteiger partial charge on any atom is -0.452 e. The fourth-order valence-electron chi connectivity index (χ4n) is 0.657. The monoisotopic (exact) mass is 255 g/mol. The Balaban J connectivity index is 3.85. The van der Waals surface area contributed by atoms with Crippen LogP contribution in [0.5, 0.6) is 0 Å². The van der Waals surface area contributed by atoms with Crippen molar-refractivity contribution in [1.82, 2.24) is 9.44 Å². The van der Waals surface area contributed by atoms with Crippen molar-refractivity contribution in [2.24, 2.45) is 5.73 Å². The Labute approximate surface area is 93.5 Å². The van der Waals surface area contributed by atoms with Gasteiger partial charge in [0, 0.05) is 6.54 Å². The molecule has 0 unspecified atom stereocenters. The molecule has 15 heavy (non-hydrogen) atoms. The van der Waals surface area contributed by atoms with Gasteiger partial charge in [0.2, 0.25) is 0 Å². The molecule has 0 aliphatic heterocycles. The van der Waals surface area contributed by atoms with Crippen molar-refractivity contribution >= 4 is 33.5 Å². The van der Waals surface area contributed by atoms with Gasteiger partial charge in [0.15, 0.2) is 0 Å². The first-order valence-electron chi connectivity index (χ1n) is 4.01. The van der Waals surface area contributed by atoms with Gasteiger partial charge in [-0.2, -0.15) is 13.1 Å². The highest BCUT2D eigenvalue weighted by atomic mass is 32.2. The largest absolute Gasteiger partial charge is 0.452 e. The van der Waals surface area contributed by atoms with Crippen LogP contribution in [0.1, 0.15) is 12.8 Å². The van der Waals surface area contributed by atoms with Gasteiger partial charge in [-0.1, -0.05) is 12.2 Å². The average molecular weight is 255 g/mol. The number of rotatable bonds is 6. The zero-order valence-electron chi connectivity index (χ0n) is 8.15. The van der Waals surface area contributed by atoms with Gasteiger partial charge in [-0.25, -0.2) is 9.52 Å². The van der Waals surface area contributed by atoms with Crippen LogP contribution < -0.4 is 15.2 Å². The van der Waals surface area contributed by atoms with E-state index in [4.69, 9.17) is 5.73 Å². The van der Waals surface area contributed by atoms with Gasteiger partial charge < -0.3 is 10.5 Å². The molecule has 0 aliphatic rings. The zero-order chi connectivity index (χ0) is 11.9. The van der Waals surface area contributed by atoms with Crippen LogP contribution in [0.15, 0.2) is 0 Å². The van der Waals surface area contributed by atoms with Crippen molar-refractivity contribution in [2.45, 2.75) is 12.8 Å². The molecular weight excluding hydrogens is 242 g/mol. The van der Waals surface area contributed by atoms with Gasteiger partial charge >= 0.3 is 16.3 Å². The van der Waals surface area contributed by atoms with E-state index in [0.717, 1.165) is 7.11 Å². The van der Waals surface area contributed by atoms with Gasteiger partial charge in [0.25, 0.3) is 0 Å². The van der Waals surface area contributed by atoms with Gasteiger partial charge in [-0.05, 0) is 12.8 Å². The number of carbonyl (C=O) groups excluding carboxylic acids is 1. The third-order valence-corrected chi connectivity index (χ3v) is 2.52. The summed E-state index contributed by atoms with van der Waals surface area (Å²) in [5.74, 6) is 0. The van der Waals surface area contributed by atoms with Gasteiger partial charge in [0.05, 0.1) is 12.1 Å². The lowest BCUT2D eigenvalue weighted by Gasteiger charge is -2.06. The van der Waals surface area contributed by atoms with E-state index in [1.165, 1.54) is 0 Å². The molecule has 0 aromatic rings. The Hall–Kier alpha value is -0.930. The Morgan fingerprint density at radius 2 is 2.13 bits per heavy atom. The second kappa shape index (κ2) is 6.53. The van der Waals surface area contributed by atoms with E-state index >= 15 is 0 Å². The molecule has 9 heteroatoms. The maximum Gasteiger partial charge on any atom is 0.421 e. The van der Waals surface area contributed by atoms with Crippen LogP contribution in [0.25, 0.3) is 0 Å². The molecule has 0 fully saturated rings. The minimum absolute atomic E-state index is 0.143. The summed E-state index contributed by atoms with van der Waals surface area (Å²) in [6.45, 7) is 0.143. The minimum atomic E-state index is -3.85. The normalized spacial score (nSPS) is 10.7. The summed E-state index contributed by atoms with van der Waals surface area (Å²) < 4.78 is 30.0. The highest BCUT2D eigenvalue weighted by Gasteiger charge is 2.12. The summed E-state index contributed by atoms with van der Waals surface area (Å²) in [6.07, 6.45) is -0.134. The first kappa shape index (κ1) is 14.1. The van der Waals surface area contributed by atoms with E-state index in [-0.39, 0.29) is 6.54 Å². The molecule has 88 valence electrons. The molecule has 0 aromatic carbocycles. The van der Waals surface area contributed by atoms with Crippen LogP contribution in [0.3, 0.4) is 0 Å². The summed E-state index contributed by atoms with van der Waals surface area (Å²) >= 11 is 4.60. The Morgan fingerprint density at radius 1 is 1.53 bits per heavy atom. The topological polar surface area (TPSA) is 111 Å². The number of methoxy groups -OCH3 is 1. The van der Waals surface area contributed by atoms with Crippen LogP contribution >= 0.6 is 12.2 Å². The molecule has 0 atom stereocenters. The molecule has 4 N–H and O–H groups in total. The van der Waals surface area contributed by atoms with Crippen molar-refractivity contribution in [3.63, 3.8) is 0 Å². The standard InChI is InChI=1S/C6H13N3O4S2/c1-13-6(10)9-15(11,12)8-4-2-3-5(7)14/h8H,2-4H2,1H3,(H2,7,14)(H,9,10). The molecule has 0 aromatic heterocycles. The molecule has 0 aliphatic carbocycles. The molecule has 0 saturated heterocycles. The number of carbonyl (C=O) groups is 1. The first-order chi connectivity index (χ1) is 6.87. The SMILES string of the molecule is COC(=O)NS(=O)(=O)NCCCC(N)=S. The maximum absolute atomic E-state index is 11.1. The fourth-order valence-corrected chi connectivity index (χ4v) is 1.59. The predicted molar refractivity (Wildman–Crippen MR) is 58.5 cm³/mol. The van der Waals surface area contributed by atoms with Crippen LogP contribution in [0.2, 0.25) is 0 Å². The Kier molecular flexibility index (Phi) is 6.13. The van der Waals surface area contributed by atoms with Gasteiger partial charge in [0.1, 0.15) is 0 Å². The second-order valence-corrected chi connectivity index (χ2v) is 4.59. The van der Waals surface area contributed by atoms with Crippen LogP contribution in [0.4, 0.5) is 4.79 Å². The smallest absolute Gasteiger partial charge is 0.421 e. The fraction of sp³-hybridized carbons (Fsp3) is 0.667. The third kappa shape index (κ3) is 8.09. The molecule has 1 amide bonds. The van der Waals surface area contributed by atoms with E-state index in [1.54, 1.807) is 4.72 Å². The van der Waals surface area contributed by atoms with Crippen LogP contribution in [0, 0.1) is 0 Å². The maximum atomic E-state index is 11.1. The van der Waals surface area contributed by atoms with E-state index < -0.39 is 16.3 Å². The number of ether oxygens (including phenoxy) is 1. The van der Waals surface area contributed by atoms with Crippen molar-refractivity contribution in [3.05, 3.63) is 0 Å². The van der Waals surface area contributed by atoms with Crippen molar-refractivity contribution in [3.8, 4) is 0 Å². The Bertz CT molecular complexity index is 327. The summed E-state index contributed by atoms with van der Waals surface area (Å²) in [7, 11) is -2.78. The molecule has 0 bridgehead atoms. The van der Waals surface area contributed by atoms with Gasteiger partial charge in [-0.15, -0.1) is 0 Å². The highest BCUT2D eigenvalue weighted by Crippen LogP contribution is 1.88. The van der Waals surface area contributed by atoms with E-state index in [0.29, 0.717) is 17.8 Å². The molecule has 0 saturated carbocycles. The summed E-state index contributed by atoms with van der Waals surface area (Å²) in [5.41, 5.74) is 5.21. The van der Waals surface area contributed by atoms with Crippen molar-refractivity contribution in [1.29, 1.82) is 0 Å². The van der Waals surface area contributed by atoms with E-state index in [1.807, 2.05) is 0 Å². The van der Waals surface area contributed by atoms with Gasteiger partial charge in [-0.3, -0.25) is 0 Å². The van der Waals surface area contributed by atoms with Crippen LogP contribution in [-0.2, 0) is 14.9 Å². The second-order valence-electron chi connectivity index (χ2n) is 2.56. The molecule has 7 nitrogen and oxygen atoms in total. The van der Waals surface area contributed by atoms with Crippen molar-refractivity contribution in [2.75, 3.05) is 13.7 Å². The third-order valence-electron chi connectivity index (χ3n) is 1.30. The number of nitrogens with two attached hydrogens (primary N) is 1.